The lowest BCUT2D eigenvalue weighted by atomic mass is 10.2. The van der Waals surface area contributed by atoms with E-state index in [1.807, 2.05) is 8.61 Å². The molecule has 26 heavy (non-hydrogen) atoms. The summed E-state index contributed by atoms with van der Waals surface area (Å²) in [6.45, 7) is 23.5. The van der Waals surface area contributed by atoms with E-state index in [2.05, 4.69) is 64.0 Å². The number of hydrogen-bond donors (Lipinski definition) is 0. The van der Waals surface area contributed by atoms with Gasteiger partial charge < -0.3 is 0 Å². The number of urea groups is 1. The quantitative estimate of drug-likeness (QED) is 0.423. The number of carbonyl (C=O) groups is 1. The van der Waals surface area contributed by atoms with Crippen molar-refractivity contribution in [1.82, 2.24) is 17.2 Å². The predicted octanol–water partition coefficient (Wildman–Crippen LogP) is 5.08. The first kappa shape index (κ1) is 23.9. The van der Waals surface area contributed by atoms with Crippen molar-refractivity contribution in [3.63, 3.8) is 0 Å². The molecule has 0 aromatic rings. The topological polar surface area (TPSA) is 30.0 Å². The highest BCUT2D eigenvalue weighted by atomic mass is 32.2. The second-order valence-electron chi connectivity index (χ2n) is 8.92. The van der Waals surface area contributed by atoms with Gasteiger partial charge in [0.15, 0.2) is 0 Å². The first-order valence-corrected chi connectivity index (χ1v) is 11.5. The van der Waals surface area contributed by atoms with Crippen molar-refractivity contribution in [2.75, 3.05) is 39.3 Å². The van der Waals surface area contributed by atoms with Gasteiger partial charge in [-0.2, -0.15) is 0 Å². The average molecular weight is 405 g/mol. The summed E-state index contributed by atoms with van der Waals surface area (Å²) < 4.78 is 8.56. The van der Waals surface area contributed by atoms with Crippen LogP contribution in [0.1, 0.15) is 55.4 Å². The van der Waals surface area contributed by atoms with Gasteiger partial charge in [-0.15, -0.1) is 0 Å². The Balaban J connectivity index is 2.63. The summed E-state index contributed by atoms with van der Waals surface area (Å²) in [5.74, 6) is 2.38. The predicted molar refractivity (Wildman–Crippen MR) is 116 cm³/mol. The van der Waals surface area contributed by atoms with E-state index < -0.39 is 0 Å². The fourth-order valence-corrected chi connectivity index (χ4v) is 5.57. The lowest BCUT2D eigenvalue weighted by Gasteiger charge is -2.30. The molecule has 0 atom stereocenters. The lowest BCUT2D eigenvalue weighted by molar-refractivity contribution is 0.225. The molecule has 5 nitrogen and oxygen atoms in total. The fourth-order valence-electron chi connectivity index (χ4n) is 2.84. The van der Waals surface area contributed by atoms with Crippen LogP contribution in [0.5, 0.6) is 0 Å². The molecule has 7 heteroatoms. The van der Waals surface area contributed by atoms with Crippen molar-refractivity contribution >= 4 is 30.3 Å². The van der Waals surface area contributed by atoms with Crippen LogP contribution in [-0.4, -0.2) is 62.5 Å². The highest BCUT2D eigenvalue weighted by Gasteiger charge is 2.33. The van der Waals surface area contributed by atoms with E-state index >= 15 is 0 Å². The molecular weight excluding hydrogens is 364 g/mol. The van der Waals surface area contributed by atoms with E-state index in [0.717, 1.165) is 39.3 Å². The van der Waals surface area contributed by atoms with Crippen LogP contribution in [0, 0.1) is 23.7 Å². The van der Waals surface area contributed by atoms with Gasteiger partial charge in [0.25, 0.3) is 0 Å². The molecule has 1 aliphatic rings. The molecule has 0 unspecified atom stereocenters. The first-order valence-electron chi connectivity index (χ1n) is 10.0. The number of amides is 2. The molecule has 0 saturated carbocycles. The van der Waals surface area contributed by atoms with Gasteiger partial charge in [0, 0.05) is 50.4 Å². The third-order valence-electron chi connectivity index (χ3n) is 3.64. The minimum atomic E-state index is 0.134. The normalized spacial score (nSPS) is 16.0. The Morgan fingerprint density at radius 1 is 0.692 bits per heavy atom. The van der Waals surface area contributed by atoms with E-state index in [0.29, 0.717) is 23.7 Å². The molecule has 1 fully saturated rings. The molecule has 1 heterocycles. The molecule has 0 aliphatic carbocycles. The van der Waals surface area contributed by atoms with Crippen molar-refractivity contribution in [2.45, 2.75) is 55.4 Å². The lowest BCUT2D eigenvalue weighted by Crippen LogP contribution is -2.34. The van der Waals surface area contributed by atoms with Gasteiger partial charge >= 0.3 is 6.03 Å². The molecule has 1 aliphatic heterocycles. The Labute approximate surface area is 170 Å². The number of nitrogens with zero attached hydrogens (tertiary/aromatic N) is 4. The smallest absolute Gasteiger partial charge is 0.252 e. The second kappa shape index (κ2) is 11.7. The van der Waals surface area contributed by atoms with Gasteiger partial charge in [0.1, 0.15) is 0 Å². The zero-order valence-corrected chi connectivity index (χ0v) is 19.7. The molecule has 0 aromatic heterocycles. The van der Waals surface area contributed by atoms with Crippen LogP contribution in [0.3, 0.4) is 0 Å². The second-order valence-corrected chi connectivity index (χ2v) is 11.2. The summed E-state index contributed by atoms with van der Waals surface area (Å²) in [5, 5.41) is 0. The summed E-state index contributed by atoms with van der Waals surface area (Å²) in [6.07, 6.45) is 0. The highest BCUT2D eigenvalue weighted by molar-refractivity contribution is 7.96. The average Bonchev–Trinajstić information content (AvgIpc) is 2.77. The van der Waals surface area contributed by atoms with Crippen molar-refractivity contribution < 1.29 is 4.79 Å². The molecule has 2 amide bonds. The van der Waals surface area contributed by atoms with Crippen molar-refractivity contribution in [3.05, 3.63) is 0 Å². The molecule has 1 rings (SSSR count). The maximum atomic E-state index is 12.9. The van der Waals surface area contributed by atoms with E-state index in [1.165, 1.54) is 0 Å². The molecule has 154 valence electrons. The van der Waals surface area contributed by atoms with Crippen LogP contribution in [0.4, 0.5) is 4.79 Å². The Bertz CT molecular complexity index is 362. The Kier molecular flexibility index (Phi) is 10.7. The van der Waals surface area contributed by atoms with Gasteiger partial charge in [-0.25, -0.2) is 13.4 Å². The van der Waals surface area contributed by atoms with Gasteiger partial charge in [0.2, 0.25) is 0 Å². The Hall–Kier alpha value is -0.110. The highest BCUT2D eigenvalue weighted by Crippen LogP contribution is 2.30. The van der Waals surface area contributed by atoms with Crippen LogP contribution in [0.25, 0.3) is 0 Å². The summed E-state index contributed by atoms with van der Waals surface area (Å²) in [5.41, 5.74) is 0. The maximum absolute atomic E-state index is 12.9. The maximum Gasteiger partial charge on any atom is 0.342 e. The molecule has 0 N–H and O–H groups in total. The zero-order chi connectivity index (χ0) is 19.9. The van der Waals surface area contributed by atoms with E-state index in [4.69, 9.17) is 0 Å². The zero-order valence-electron chi connectivity index (χ0n) is 18.1. The standard InChI is InChI=1S/C19H40N4OS2/c1-15(2)11-20(12-16(3)4)25-22-9-10-23(19(22)24)26-21(13-17(5)6)14-18(7)8/h15-18H,9-14H2,1-8H3. The molecular formula is C19H40N4OS2. The Morgan fingerprint density at radius 2 is 0.962 bits per heavy atom. The third-order valence-corrected chi connectivity index (χ3v) is 5.77. The van der Waals surface area contributed by atoms with E-state index in [9.17, 15) is 4.79 Å². The minimum Gasteiger partial charge on any atom is -0.252 e. The van der Waals surface area contributed by atoms with Crippen LogP contribution in [-0.2, 0) is 0 Å². The van der Waals surface area contributed by atoms with Crippen molar-refractivity contribution in [2.24, 2.45) is 23.7 Å². The summed E-state index contributed by atoms with van der Waals surface area (Å²) in [7, 11) is 0. The monoisotopic (exact) mass is 404 g/mol. The van der Waals surface area contributed by atoms with Crippen LogP contribution in [0.2, 0.25) is 0 Å². The SMILES string of the molecule is CC(C)CN(CC(C)C)SN1CCN(SN(CC(C)C)CC(C)C)C1=O. The van der Waals surface area contributed by atoms with Gasteiger partial charge in [-0.05, 0) is 23.7 Å². The molecule has 0 spiro atoms. The summed E-state index contributed by atoms with van der Waals surface area (Å²) in [6, 6.07) is 0.134. The minimum absolute atomic E-state index is 0.134. The molecule has 0 radical (unpaired) electrons. The van der Waals surface area contributed by atoms with Crippen LogP contribution >= 0.6 is 24.3 Å². The van der Waals surface area contributed by atoms with E-state index in [-0.39, 0.29) is 6.03 Å². The third kappa shape index (κ3) is 9.20. The number of hydrogen-bond acceptors (Lipinski definition) is 5. The summed E-state index contributed by atoms with van der Waals surface area (Å²) in [4.78, 5) is 12.9. The van der Waals surface area contributed by atoms with Gasteiger partial charge in [-0.1, -0.05) is 55.4 Å². The van der Waals surface area contributed by atoms with Crippen LogP contribution in [0.15, 0.2) is 0 Å². The van der Waals surface area contributed by atoms with Gasteiger partial charge in [0.05, 0.1) is 13.1 Å². The largest absolute Gasteiger partial charge is 0.342 e. The fraction of sp³-hybridized carbons (Fsp3) is 0.947. The molecule has 1 saturated heterocycles. The number of rotatable bonds is 12. The molecule has 0 aromatic carbocycles. The van der Waals surface area contributed by atoms with Gasteiger partial charge in [-0.3, -0.25) is 8.61 Å². The summed E-state index contributed by atoms with van der Waals surface area (Å²) >= 11 is 3.24. The molecule has 0 bridgehead atoms. The van der Waals surface area contributed by atoms with Crippen molar-refractivity contribution in [1.29, 1.82) is 0 Å². The van der Waals surface area contributed by atoms with Crippen LogP contribution < -0.4 is 0 Å². The number of carbonyl (C=O) groups excluding carboxylic acids is 1. The van der Waals surface area contributed by atoms with E-state index in [1.54, 1.807) is 24.3 Å². The van der Waals surface area contributed by atoms with Crippen molar-refractivity contribution in [3.8, 4) is 0 Å². The Morgan fingerprint density at radius 3 is 1.19 bits per heavy atom. The first-order chi connectivity index (χ1) is 12.1.